The van der Waals surface area contributed by atoms with Crippen molar-refractivity contribution in [3.8, 4) is 0 Å². The summed E-state index contributed by atoms with van der Waals surface area (Å²) in [5.41, 5.74) is 6.13. The minimum absolute atomic E-state index is 0.0772. The molecule has 3 rings (SSSR count). The van der Waals surface area contributed by atoms with E-state index in [0.717, 1.165) is 5.56 Å². The molecular formula is C22H25N3O3. The van der Waals surface area contributed by atoms with Crippen LogP contribution in [0.15, 0.2) is 47.6 Å². The van der Waals surface area contributed by atoms with Gasteiger partial charge in [-0.3, -0.25) is 14.9 Å². The molecule has 0 radical (unpaired) electrons. The first-order chi connectivity index (χ1) is 13.5. The Morgan fingerprint density at radius 1 is 1.07 bits per heavy atom. The predicted octanol–water partition coefficient (Wildman–Crippen LogP) is 5.10. The SMILES string of the molecule is CC(=NNC(=O)c1ccc(C)c([N+](=O)[O-])c1)c1ccc(C2CCCCC2)cc1. The van der Waals surface area contributed by atoms with Crippen LogP contribution in [0.4, 0.5) is 5.69 Å². The third kappa shape index (κ3) is 4.63. The molecule has 0 unspecified atom stereocenters. The van der Waals surface area contributed by atoms with Gasteiger partial charge in [0.15, 0.2) is 0 Å². The van der Waals surface area contributed by atoms with Gasteiger partial charge in [0, 0.05) is 17.2 Å². The molecular weight excluding hydrogens is 354 g/mol. The van der Waals surface area contributed by atoms with E-state index in [-0.39, 0.29) is 11.3 Å². The normalized spacial score (nSPS) is 15.3. The zero-order valence-corrected chi connectivity index (χ0v) is 16.3. The van der Waals surface area contributed by atoms with E-state index in [2.05, 4.69) is 22.7 Å². The average Bonchev–Trinajstić information content (AvgIpc) is 2.72. The molecule has 0 saturated heterocycles. The fourth-order valence-corrected chi connectivity index (χ4v) is 3.64. The van der Waals surface area contributed by atoms with Crippen LogP contribution in [0.2, 0.25) is 0 Å². The van der Waals surface area contributed by atoms with Crippen molar-refractivity contribution in [1.29, 1.82) is 0 Å². The van der Waals surface area contributed by atoms with Crippen molar-refractivity contribution in [2.24, 2.45) is 5.10 Å². The number of hydrogen-bond acceptors (Lipinski definition) is 4. The van der Waals surface area contributed by atoms with Crippen LogP contribution < -0.4 is 5.43 Å². The zero-order valence-electron chi connectivity index (χ0n) is 16.3. The second-order valence-electron chi connectivity index (χ2n) is 7.35. The van der Waals surface area contributed by atoms with E-state index in [1.165, 1.54) is 43.7 Å². The monoisotopic (exact) mass is 379 g/mol. The molecule has 2 aromatic rings. The standard InChI is InChI=1S/C22H25N3O3/c1-15-8-9-20(14-21(15)25(27)28)22(26)24-23-16(2)17-10-12-19(13-11-17)18-6-4-3-5-7-18/h8-14,18H,3-7H2,1-2H3,(H,24,26). The highest BCUT2D eigenvalue weighted by atomic mass is 16.6. The van der Waals surface area contributed by atoms with E-state index in [9.17, 15) is 14.9 Å². The fourth-order valence-electron chi connectivity index (χ4n) is 3.64. The number of nitro benzene ring substituents is 1. The highest BCUT2D eigenvalue weighted by Gasteiger charge is 2.16. The molecule has 0 spiro atoms. The maximum atomic E-state index is 12.3. The summed E-state index contributed by atoms with van der Waals surface area (Å²) >= 11 is 0. The minimum Gasteiger partial charge on any atom is -0.267 e. The van der Waals surface area contributed by atoms with Crippen LogP contribution in [0, 0.1) is 17.0 Å². The first-order valence-electron chi connectivity index (χ1n) is 9.65. The van der Waals surface area contributed by atoms with Gasteiger partial charge in [0.2, 0.25) is 0 Å². The van der Waals surface area contributed by atoms with Crippen molar-refractivity contribution in [1.82, 2.24) is 5.43 Å². The van der Waals surface area contributed by atoms with Gasteiger partial charge in [-0.25, -0.2) is 5.43 Å². The third-order valence-corrected chi connectivity index (χ3v) is 5.40. The number of aryl methyl sites for hydroxylation is 1. The van der Waals surface area contributed by atoms with E-state index in [1.807, 2.05) is 19.1 Å². The molecule has 0 atom stereocenters. The van der Waals surface area contributed by atoms with Gasteiger partial charge in [0.05, 0.1) is 10.6 Å². The number of hydrogen-bond donors (Lipinski definition) is 1. The zero-order chi connectivity index (χ0) is 20.1. The number of nitrogens with one attached hydrogen (secondary N) is 1. The number of carbonyl (C=O) groups excluding carboxylic acids is 1. The molecule has 1 N–H and O–H groups in total. The molecule has 0 aromatic heterocycles. The summed E-state index contributed by atoms with van der Waals surface area (Å²) in [6.45, 7) is 3.46. The van der Waals surface area contributed by atoms with Crippen molar-refractivity contribution in [3.05, 3.63) is 74.8 Å². The van der Waals surface area contributed by atoms with Gasteiger partial charge in [0.1, 0.15) is 0 Å². The van der Waals surface area contributed by atoms with Gasteiger partial charge < -0.3 is 0 Å². The van der Waals surface area contributed by atoms with Crippen molar-refractivity contribution >= 4 is 17.3 Å². The lowest BCUT2D eigenvalue weighted by Gasteiger charge is -2.22. The first kappa shape index (κ1) is 19.7. The lowest BCUT2D eigenvalue weighted by molar-refractivity contribution is -0.385. The second-order valence-corrected chi connectivity index (χ2v) is 7.35. The predicted molar refractivity (Wildman–Crippen MR) is 110 cm³/mol. The Morgan fingerprint density at radius 3 is 2.36 bits per heavy atom. The number of carbonyl (C=O) groups is 1. The molecule has 0 bridgehead atoms. The molecule has 1 aliphatic carbocycles. The maximum absolute atomic E-state index is 12.3. The summed E-state index contributed by atoms with van der Waals surface area (Å²) in [6.07, 6.45) is 6.45. The van der Waals surface area contributed by atoms with Gasteiger partial charge in [-0.05, 0) is 49.8 Å². The van der Waals surface area contributed by atoms with Crippen molar-refractivity contribution < 1.29 is 9.72 Å². The van der Waals surface area contributed by atoms with E-state index >= 15 is 0 Å². The van der Waals surface area contributed by atoms with Crippen LogP contribution in [0.5, 0.6) is 0 Å². The molecule has 0 aliphatic heterocycles. The Morgan fingerprint density at radius 2 is 1.71 bits per heavy atom. The Kier molecular flexibility index (Phi) is 6.19. The van der Waals surface area contributed by atoms with Gasteiger partial charge in [0.25, 0.3) is 11.6 Å². The van der Waals surface area contributed by atoms with Gasteiger partial charge in [-0.1, -0.05) is 49.6 Å². The third-order valence-electron chi connectivity index (χ3n) is 5.40. The molecule has 2 aromatic carbocycles. The Bertz CT molecular complexity index is 898. The van der Waals surface area contributed by atoms with E-state index in [1.54, 1.807) is 19.1 Å². The van der Waals surface area contributed by atoms with E-state index < -0.39 is 10.8 Å². The van der Waals surface area contributed by atoms with Crippen LogP contribution in [-0.4, -0.2) is 16.5 Å². The van der Waals surface area contributed by atoms with Crippen molar-refractivity contribution in [3.63, 3.8) is 0 Å². The second kappa shape index (κ2) is 8.78. The number of benzene rings is 2. The van der Waals surface area contributed by atoms with Crippen LogP contribution in [0.25, 0.3) is 0 Å². The molecule has 1 amide bonds. The van der Waals surface area contributed by atoms with Crippen LogP contribution in [-0.2, 0) is 0 Å². The Balaban J connectivity index is 1.67. The summed E-state index contributed by atoms with van der Waals surface area (Å²) < 4.78 is 0. The van der Waals surface area contributed by atoms with Crippen molar-refractivity contribution in [2.45, 2.75) is 51.9 Å². The Labute approximate surface area is 164 Å². The van der Waals surface area contributed by atoms with Gasteiger partial charge in [-0.15, -0.1) is 0 Å². The molecule has 0 heterocycles. The quantitative estimate of drug-likeness (QED) is 0.445. The van der Waals surface area contributed by atoms with E-state index in [4.69, 9.17) is 0 Å². The molecule has 1 fully saturated rings. The summed E-state index contributed by atoms with van der Waals surface area (Å²) in [5, 5.41) is 15.2. The molecule has 1 aliphatic rings. The summed E-state index contributed by atoms with van der Waals surface area (Å²) in [4.78, 5) is 22.8. The number of nitro groups is 1. The van der Waals surface area contributed by atoms with Crippen molar-refractivity contribution in [2.75, 3.05) is 0 Å². The average molecular weight is 379 g/mol. The number of rotatable bonds is 5. The lowest BCUT2D eigenvalue weighted by atomic mass is 9.84. The topological polar surface area (TPSA) is 84.6 Å². The van der Waals surface area contributed by atoms with Gasteiger partial charge in [-0.2, -0.15) is 5.10 Å². The number of nitrogens with zero attached hydrogens (tertiary/aromatic N) is 2. The minimum atomic E-state index is -0.492. The highest BCUT2D eigenvalue weighted by Crippen LogP contribution is 2.32. The molecule has 146 valence electrons. The van der Waals surface area contributed by atoms with Crippen LogP contribution in [0.3, 0.4) is 0 Å². The molecule has 6 heteroatoms. The number of amides is 1. The largest absolute Gasteiger partial charge is 0.273 e. The maximum Gasteiger partial charge on any atom is 0.273 e. The first-order valence-corrected chi connectivity index (χ1v) is 9.65. The Hall–Kier alpha value is -3.02. The smallest absolute Gasteiger partial charge is 0.267 e. The molecule has 28 heavy (non-hydrogen) atoms. The summed E-state index contributed by atoms with van der Waals surface area (Å²) in [7, 11) is 0. The van der Waals surface area contributed by atoms with Crippen LogP contribution >= 0.6 is 0 Å². The van der Waals surface area contributed by atoms with Gasteiger partial charge >= 0.3 is 0 Å². The summed E-state index contributed by atoms with van der Waals surface area (Å²) in [5.74, 6) is 0.179. The molecule has 6 nitrogen and oxygen atoms in total. The fraction of sp³-hybridized carbons (Fsp3) is 0.364. The summed E-state index contributed by atoms with van der Waals surface area (Å²) in [6, 6.07) is 12.8. The molecule has 1 saturated carbocycles. The lowest BCUT2D eigenvalue weighted by Crippen LogP contribution is -2.19. The number of hydrazone groups is 1. The van der Waals surface area contributed by atoms with Crippen LogP contribution in [0.1, 0.15) is 72.0 Å². The highest BCUT2D eigenvalue weighted by molar-refractivity contribution is 6.01. The van der Waals surface area contributed by atoms with E-state index in [0.29, 0.717) is 17.2 Å².